The number of carboxylic acid groups (broad SMARTS) is 1. The van der Waals surface area contributed by atoms with Gasteiger partial charge in [-0.05, 0) is 70.9 Å². The fourth-order valence-corrected chi connectivity index (χ4v) is 3.44. The second kappa shape index (κ2) is 24.0. The van der Waals surface area contributed by atoms with Crippen molar-refractivity contribution in [2.24, 2.45) is 5.73 Å². The van der Waals surface area contributed by atoms with E-state index in [1.165, 1.54) is 57.8 Å². The molecule has 5 N–H and O–H groups in total. The number of aliphatic carboxylic acids is 1. The zero-order chi connectivity index (χ0) is 23.7. The van der Waals surface area contributed by atoms with Crippen molar-refractivity contribution in [2.45, 2.75) is 109 Å². The number of nitrogens with two attached hydrogens (primary N) is 1. The Labute approximate surface area is 196 Å². The maximum Gasteiger partial charge on any atom is 0.326 e. The van der Waals surface area contributed by atoms with Gasteiger partial charge in [0.05, 0.1) is 6.54 Å². The molecule has 0 spiro atoms. The molecule has 0 saturated heterocycles. The zero-order valence-electron chi connectivity index (χ0n) is 20.5. The van der Waals surface area contributed by atoms with Gasteiger partial charge in [0, 0.05) is 0 Å². The summed E-state index contributed by atoms with van der Waals surface area (Å²) in [7, 11) is 0. The Morgan fingerprint density at radius 2 is 1.47 bits per heavy atom. The van der Waals surface area contributed by atoms with Crippen LogP contribution in [0.25, 0.3) is 0 Å². The smallest absolute Gasteiger partial charge is 0.326 e. The summed E-state index contributed by atoms with van der Waals surface area (Å²) in [5.41, 5.74) is 5.42. The summed E-state index contributed by atoms with van der Waals surface area (Å²) in [5, 5.41) is 14.9. The van der Waals surface area contributed by atoms with Crippen molar-refractivity contribution >= 4 is 11.9 Å². The normalized spacial score (nSPS) is 12.6. The molecule has 0 aliphatic rings. The quantitative estimate of drug-likeness (QED) is 0.128. The Morgan fingerprint density at radius 3 is 2.09 bits per heavy atom. The molecule has 0 aromatic heterocycles. The third-order valence-corrected chi connectivity index (χ3v) is 5.42. The van der Waals surface area contributed by atoms with Crippen molar-refractivity contribution in [3.8, 4) is 0 Å². The van der Waals surface area contributed by atoms with Gasteiger partial charge in [0.15, 0.2) is 0 Å². The number of carboxylic acids is 1. The molecular weight excluding hydrogens is 402 g/mol. The first kappa shape index (κ1) is 30.3. The van der Waals surface area contributed by atoms with Gasteiger partial charge in [0.2, 0.25) is 5.91 Å². The van der Waals surface area contributed by atoms with Gasteiger partial charge in [0.1, 0.15) is 6.04 Å². The molecule has 6 heteroatoms. The van der Waals surface area contributed by atoms with Gasteiger partial charge in [-0.1, -0.05) is 69.8 Å². The summed E-state index contributed by atoms with van der Waals surface area (Å²) < 4.78 is 0. The van der Waals surface area contributed by atoms with Crippen LogP contribution < -0.4 is 16.4 Å². The number of hydrogen-bond acceptors (Lipinski definition) is 4. The van der Waals surface area contributed by atoms with E-state index in [9.17, 15) is 14.7 Å². The van der Waals surface area contributed by atoms with E-state index in [0.29, 0.717) is 19.4 Å². The van der Waals surface area contributed by atoms with E-state index < -0.39 is 12.0 Å². The molecule has 0 saturated carbocycles. The molecule has 0 unspecified atom stereocenters. The zero-order valence-corrected chi connectivity index (χ0v) is 20.5. The first-order valence-electron chi connectivity index (χ1n) is 12.8. The van der Waals surface area contributed by atoms with Crippen LogP contribution in [-0.2, 0) is 9.59 Å². The van der Waals surface area contributed by atoms with Crippen LogP contribution in [-0.4, -0.2) is 42.7 Å². The minimum absolute atomic E-state index is 0.168. The van der Waals surface area contributed by atoms with Gasteiger partial charge < -0.3 is 21.5 Å². The van der Waals surface area contributed by atoms with E-state index in [4.69, 9.17) is 5.73 Å². The molecule has 0 radical (unpaired) electrons. The van der Waals surface area contributed by atoms with Crippen LogP contribution >= 0.6 is 0 Å². The predicted molar refractivity (Wildman–Crippen MR) is 135 cm³/mol. The average molecular weight is 452 g/mol. The summed E-state index contributed by atoms with van der Waals surface area (Å²) in [6.45, 7) is 3.73. The van der Waals surface area contributed by atoms with Crippen LogP contribution in [0.15, 0.2) is 24.3 Å². The van der Waals surface area contributed by atoms with E-state index in [1.807, 2.05) is 0 Å². The SMILES string of the molecule is CCCCC/C=C\C/C=C/CCCCCCCCNCC(=O)N[C@@H](CCCCN)C(=O)O. The summed E-state index contributed by atoms with van der Waals surface area (Å²) in [5.74, 6) is -1.24. The van der Waals surface area contributed by atoms with Crippen molar-refractivity contribution in [3.05, 3.63) is 24.3 Å². The van der Waals surface area contributed by atoms with Crippen molar-refractivity contribution < 1.29 is 14.7 Å². The van der Waals surface area contributed by atoms with E-state index in [-0.39, 0.29) is 12.5 Å². The van der Waals surface area contributed by atoms with Gasteiger partial charge >= 0.3 is 5.97 Å². The van der Waals surface area contributed by atoms with E-state index in [2.05, 4.69) is 41.9 Å². The maximum atomic E-state index is 11.9. The highest BCUT2D eigenvalue weighted by Crippen LogP contribution is 2.08. The largest absolute Gasteiger partial charge is 0.480 e. The molecular formula is C26H49N3O3. The number of hydrogen-bond donors (Lipinski definition) is 4. The summed E-state index contributed by atoms with van der Waals surface area (Å²) in [4.78, 5) is 23.1. The Kier molecular flexibility index (Phi) is 22.7. The van der Waals surface area contributed by atoms with Gasteiger partial charge in [-0.15, -0.1) is 0 Å². The lowest BCUT2D eigenvalue weighted by Gasteiger charge is -2.14. The lowest BCUT2D eigenvalue weighted by Crippen LogP contribution is -2.44. The number of nitrogens with one attached hydrogen (secondary N) is 2. The predicted octanol–water partition coefficient (Wildman–Crippen LogP) is 5.09. The maximum absolute atomic E-state index is 11.9. The molecule has 0 aromatic carbocycles. The first-order chi connectivity index (χ1) is 15.6. The van der Waals surface area contributed by atoms with Crippen LogP contribution in [0.3, 0.4) is 0 Å². The molecule has 0 aliphatic heterocycles. The highest BCUT2D eigenvalue weighted by Gasteiger charge is 2.18. The van der Waals surface area contributed by atoms with Gasteiger partial charge in [-0.25, -0.2) is 4.79 Å². The second-order valence-corrected chi connectivity index (χ2v) is 8.50. The highest BCUT2D eigenvalue weighted by atomic mass is 16.4. The lowest BCUT2D eigenvalue weighted by molar-refractivity contribution is -0.141. The Morgan fingerprint density at radius 1 is 0.844 bits per heavy atom. The van der Waals surface area contributed by atoms with Crippen LogP contribution in [0.4, 0.5) is 0 Å². The van der Waals surface area contributed by atoms with Crippen LogP contribution in [0.1, 0.15) is 103 Å². The molecule has 6 nitrogen and oxygen atoms in total. The number of unbranched alkanes of at least 4 members (excludes halogenated alkanes) is 10. The molecule has 186 valence electrons. The molecule has 0 aromatic rings. The third kappa shape index (κ3) is 21.6. The lowest BCUT2D eigenvalue weighted by atomic mass is 10.1. The van der Waals surface area contributed by atoms with E-state index in [0.717, 1.165) is 32.2 Å². The van der Waals surface area contributed by atoms with Crippen molar-refractivity contribution in [1.29, 1.82) is 0 Å². The van der Waals surface area contributed by atoms with E-state index >= 15 is 0 Å². The summed E-state index contributed by atoms with van der Waals surface area (Å²) in [6.07, 6.45) is 25.6. The minimum Gasteiger partial charge on any atom is -0.480 e. The van der Waals surface area contributed by atoms with Crippen LogP contribution in [0.5, 0.6) is 0 Å². The minimum atomic E-state index is -0.986. The molecule has 0 heterocycles. The fourth-order valence-electron chi connectivity index (χ4n) is 3.44. The second-order valence-electron chi connectivity index (χ2n) is 8.50. The summed E-state index contributed by atoms with van der Waals surface area (Å²) >= 11 is 0. The highest BCUT2D eigenvalue weighted by molar-refractivity contribution is 5.84. The number of amides is 1. The number of carbonyl (C=O) groups excluding carboxylic acids is 1. The molecule has 0 fully saturated rings. The van der Waals surface area contributed by atoms with Crippen molar-refractivity contribution in [2.75, 3.05) is 19.6 Å². The monoisotopic (exact) mass is 451 g/mol. The van der Waals surface area contributed by atoms with Crippen LogP contribution in [0, 0.1) is 0 Å². The Bertz CT molecular complexity index is 507. The number of rotatable bonds is 23. The van der Waals surface area contributed by atoms with Crippen molar-refractivity contribution in [1.82, 2.24) is 10.6 Å². The third-order valence-electron chi connectivity index (χ3n) is 5.42. The number of allylic oxidation sites excluding steroid dienone is 4. The molecule has 1 amide bonds. The first-order valence-corrected chi connectivity index (χ1v) is 12.8. The van der Waals surface area contributed by atoms with Crippen molar-refractivity contribution in [3.63, 3.8) is 0 Å². The molecule has 0 bridgehead atoms. The Hall–Kier alpha value is -1.66. The van der Waals surface area contributed by atoms with Crippen LogP contribution in [0.2, 0.25) is 0 Å². The Balaban J connectivity index is 3.48. The fraction of sp³-hybridized carbons (Fsp3) is 0.769. The summed E-state index contributed by atoms with van der Waals surface area (Å²) in [6, 6.07) is -0.822. The molecule has 32 heavy (non-hydrogen) atoms. The standard InChI is InChI=1S/C26H49N3O3/c1-2-3-4-5-6-7-8-9-10-11-12-13-14-15-16-19-22-28-23-25(30)29-24(26(31)32)20-17-18-21-27/h6-7,9-10,24,28H,2-5,8,11-23,27H2,1H3,(H,29,30)(H,31,32)/b7-6-,10-9+/t24-/m0/s1. The molecule has 0 rings (SSSR count). The van der Waals surface area contributed by atoms with Gasteiger partial charge in [-0.2, -0.15) is 0 Å². The topological polar surface area (TPSA) is 104 Å². The molecule has 1 atom stereocenters. The average Bonchev–Trinajstić information content (AvgIpc) is 2.77. The van der Waals surface area contributed by atoms with E-state index in [1.54, 1.807) is 0 Å². The van der Waals surface area contributed by atoms with Gasteiger partial charge in [0.25, 0.3) is 0 Å². The number of carbonyl (C=O) groups is 2. The molecule has 0 aliphatic carbocycles. The van der Waals surface area contributed by atoms with Gasteiger partial charge in [-0.3, -0.25) is 4.79 Å².